The second kappa shape index (κ2) is 4.82. The van der Waals surface area contributed by atoms with Crippen LogP contribution in [0.5, 0.6) is 0 Å². The number of nitrogens with zero attached hydrogens (tertiary/aromatic N) is 2. The van der Waals surface area contributed by atoms with Crippen LogP contribution in [0.15, 0.2) is 4.52 Å². The largest absolute Gasteiger partial charge is 0.339 e. The van der Waals surface area contributed by atoms with Gasteiger partial charge in [0.1, 0.15) is 5.78 Å². The standard InChI is InChI=1S/C14H20N2O2/c1-2-3-11(17)8-13-15-14(16-18-13)12-7-9-4-5-10(12)6-9/h9-10,12H,2-8H2,1H3. The maximum atomic E-state index is 11.5. The first-order chi connectivity index (χ1) is 8.76. The fraction of sp³-hybridized carbons (Fsp3) is 0.786. The van der Waals surface area contributed by atoms with Crippen molar-refractivity contribution in [3.05, 3.63) is 11.7 Å². The first-order valence-electron chi connectivity index (χ1n) is 7.10. The van der Waals surface area contributed by atoms with Gasteiger partial charge in [0.15, 0.2) is 5.82 Å². The highest BCUT2D eigenvalue weighted by Gasteiger charge is 2.42. The van der Waals surface area contributed by atoms with Crippen LogP contribution in [0.4, 0.5) is 0 Å². The molecule has 2 fully saturated rings. The summed E-state index contributed by atoms with van der Waals surface area (Å²) in [5.41, 5.74) is 0. The quantitative estimate of drug-likeness (QED) is 0.804. The molecular formula is C14H20N2O2. The van der Waals surface area contributed by atoms with Gasteiger partial charge in [0.05, 0.1) is 6.42 Å². The van der Waals surface area contributed by atoms with Gasteiger partial charge in [-0.05, 0) is 37.5 Å². The summed E-state index contributed by atoms with van der Waals surface area (Å²) in [7, 11) is 0. The molecule has 1 aromatic heterocycles. The van der Waals surface area contributed by atoms with Crippen LogP contribution in [0.2, 0.25) is 0 Å². The number of fused-ring (bicyclic) bond motifs is 2. The molecule has 0 radical (unpaired) electrons. The Hall–Kier alpha value is -1.19. The third-order valence-electron chi connectivity index (χ3n) is 4.43. The average molecular weight is 248 g/mol. The van der Waals surface area contributed by atoms with Gasteiger partial charge < -0.3 is 4.52 Å². The van der Waals surface area contributed by atoms with Crippen molar-refractivity contribution < 1.29 is 9.32 Å². The molecule has 1 aromatic rings. The minimum atomic E-state index is 0.195. The van der Waals surface area contributed by atoms with Gasteiger partial charge in [-0.2, -0.15) is 4.98 Å². The number of ketones is 1. The van der Waals surface area contributed by atoms with Gasteiger partial charge in [-0.1, -0.05) is 18.5 Å². The summed E-state index contributed by atoms with van der Waals surface area (Å²) in [5, 5.41) is 4.09. The fourth-order valence-electron chi connectivity index (χ4n) is 3.59. The molecule has 2 aliphatic carbocycles. The Bertz CT molecular complexity index is 441. The van der Waals surface area contributed by atoms with Crippen LogP contribution >= 0.6 is 0 Å². The van der Waals surface area contributed by atoms with Crippen molar-refractivity contribution in [1.82, 2.24) is 10.1 Å². The van der Waals surface area contributed by atoms with Crippen LogP contribution in [0.3, 0.4) is 0 Å². The molecule has 1 heterocycles. The maximum Gasteiger partial charge on any atom is 0.234 e. The Morgan fingerprint density at radius 1 is 1.39 bits per heavy atom. The van der Waals surface area contributed by atoms with E-state index < -0.39 is 0 Å². The van der Waals surface area contributed by atoms with Gasteiger partial charge >= 0.3 is 0 Å². The molecule has 4 heteroatoms. The predicted molar refractivity (Wildman–Crippen MR) is 66.1 cm³/mol. The minimum Gasteiger partial charge on any atom is -0.339 e. The summed E-state index contributed by atoms with van der Waals surface area (Å²) in [6.45, 7) is 2.01. The van der Waals surface area contributed by atoms with Gasteiger partial charge in [0.25, 0.3) is 0 Å². The third-order valence-corrected chi connectivity index (χ3v) is 4.43. The van der Waals surface area contributed by atoms with Crippen molar-refractivity contribution >= 4 is 5.78 Å². The van der Waals surface area contributed by atoms with E-state index in [0.29, 0.717) is 24.7 Å². The van der Waals surface area contributed by atoms with Crippen molar-refractivity contribution in [3.8, 4) is 0 Å². The molecule has 0 saturated heterocycles. The van der Waals surface area contributed by atoms with Crippen LogP contribution in [0.25, 0.3) is 0 Å². The molecule has 3 rings (SSSR count). The average Bonchev–Trinajstić information content (AvgIpc) is 3.03. The van der Waals surface area contributed by atoms with Crippen molar-refractivity contribution in [2.24, 2.45) is 11.8 Å². The van der Waals surface area contributed by atoms with Gasteiger partial charge in [0, 0.05) is 12.3 Å². The molecule has 18 heavy (non-hydrogen) atoms. The highest BCUT2D eigenvalue weighted by atomic mass is 16.5. The topological polar surface area (TPSA) is 56.0 Å². The normalized spacial score (nSPS) is 29.9. The SMILES string of the molecule is CCCC(=O)Cc1nc(C2CC3CCC2C3)no1. The number of hydrogen-bond acceptors (Lipinski definition) is 4. The molecule has 0 spiro atoms. The first-order valence-corrected chi connectivity index (χ1v) is 7.10. The maximum absolute atomic E-state index is 11.5. The molecule has 0 aliphatic heterocycles. The lowest BCUT2D eigenvalue weighted by molar-refractivity contribution is -0.118. The van der Waals surface area contributed by atoms with E-state index in [1.165, 1.54) is 25.7 Å². The van der Waals surface area contributed by atoms with E-state index in [9.17, 15) is 4.79 Å². The number of hydrogen-bond donors (Lipinski definition) is 0. The number of aromatic nitrogens is 2. The first kappa shape index (κ1) is 11.9. The van der Waals surface area contributed by atoms with E-state index >= 15 is 0 Å². The van der Waals surface area contributed by atoms with Crippen LogP contribution in [-0.4, -0.2) is 15.9 Å². The van der Waals surface area contributed by atoms with Gasteiger partial charge in [-0.25, -0.2) is 0 Å². The van der Waals surface area contributed by atoms with Crippen molar-refractivity contribution in [1.29, 1.82) is 0 Å². The molecule has 0 aromatic carbocycles. The number of rotatable bonds is 5. The van der Waals surface area contributed by atoms with Gasteiger partial charge in [-0.15, -0.1) is 0 Å². The summed E-state index contributed by atoms with van der Waals surface area (Å²) >= 11 is 0. The lowest BCUT2D eigenvalue weighted by Gasteiger charge is -2.17. The van der Waals surface area contributed by atoms with Gasteiger partial charge in [-0.3, -0.25) is 4.79 Å². The number of Topliss-reactive ketones (excluding diaryl/α,β-unsaturated/α-hetero) is 1. The predicted octanol–water partition coefficient (Wildman–Crippen LogP) is 2.88. The van der Waals surface area contributed by atoms with E-state index in [2.05, 4.69) is 10.1 Å². The Balaban J connectivity index is 1.65. The van der Waals surface area contributed by atoms with E-state index in [1.807, 2.05) is 6.92 Å². The molecule has 2 aliphatic rings. The fourth-order valence-corrected chi connectivity index (χ4v) is 3.59. The van der Waals surface area contributed by atoms with E-state index in [4.69, 9.17) is 4.52 Å². The second-order valence-electron chi connectivity index (χ2n) is 5.79. The zero-order valence-electron chi connectivity index (χ0n) is 10.9. The summed E-state index contributed by atoms with van der Waals surface area (Å²) in [5.74, 6) is 3.67. The zero-order valence-corrected chi connectivity index (χ0v) is 10.9. The monoisotopic (exact) mass is 248 g/mol. The number of carbonyl (C=O) groups is 1. The summed E-state index contributed by atoms with van der Waals surface area (Å²) < 4.78 is 5.22. The van der Waals surface area contributed by atoms with Crippen LogP contribution in [0, 0.1) is 11.8 Å². The molecule has 2 saturated carbocycles. The molecule has 3 unspecified atom stereocenters. The molecule has 3 atom stereocenters. The van der Waals surface area contributed by atoms with Crippen LogP contribution < -0.4 is 0 Å². The molecule has 0 amide bonds. The summed E-state index contributed by atoms with van der Waals surface area (Å²) in [6, 6.07) is 0. The molecular weight excluding hydrogens is 228 g/mol. The smallest absolute Gasteiger partial charge is 0.234 e. The Labute approximate surface area is 107 Å². The lowest BCUT2D eigenvalue weighted by atomic mass is 9.88. The van der Waals surface area contributed by atoms with E-state index in [-0.39, 0.29) is 5.78 Å². The van der Waals surface area contributed by atoms with Crippen LogP contribution in [-0.2, 0) is 11.2 Å². The van der Waals surface area contributed by atoms with Crippen molar-refractivity contribution in [2.45, 2.75) is 57.8 Å². The molecule has 0 N–H and O–H groups in total. The molecule has 4 nitrogen and oxygen atoms in total. The highest BCUT2D eigenvalue weighted by molar-refractivity contribution is 5.79. The minimum absolute atomic E-state index is 0.195. The Kier molecular flexibility index (Phi) is 3.18. The third kappa shape index (κ3) is 2.20. The Morgan fingerprint density at radius 2 is 2.28 bits per heavy atom. The summed E-state index contributed by atoms with van der Waals surface area (Å²) in [4.78, 5) is 16.0. The lowest BCUT2D eigenvalue weighted by Crippen LogP contribution is -2.10. The van der Waals surface area contributed by atoms with E-state index in [1.54, 1.807) is 0 Å². The molecule has 98 valence electrons. The zero-order chi connectivity index (χ0) is 12.5. The molecule has 2 bridgehead atoms. The van der Waals surface area contributed by atoms with Crippen molar-refractivity contribution in [3.63, 3.8) is 0 Å². The number of carbonyl (C=O) groups excluding carboxylic acids is 1. The summed E-state index contributed by atoms with van der Waals surface area (Å²) in [6.07, 6.45) is 7.03. The van der Waals surface area contributed by atoms with Gasteiger partial charge in [0.2, 0.25) is 5.89 Å². The van der Waals surface area contributed by atoms with E-state index in [0.717, 1.165) is 24.1 Å². The second-order valence-corrected chi connectivity index (χ2v) is 5.79. The Morgan fingerprint density at radius 3 is 2.94 bits per heavy atom. The van der Waals surface area contributed by atoms with Crippen LogP contribution in [0.1, 0.15) is 63.1 Å². The highest BCUT2D eigenvalue weighted by Crippen LogP contribution is 2.52. The van der Waals surface area contributed by atoms with Crippen molar-refractivity contribution in [2.75, 3.05) is 0 Å².